The number of hydrogen-bond donors (Lipinski definition) is 2. The Morgan fingerprint density at radius 3 is 0.846 bits per heavy atom. The maximum atomic E-state index is 13.2. The molecule has 0 saturated heterocycles. The lowest BCUT2D eigenvalue weighted by molar-refractivity contribution is -0.356. The third-order valence-electron chi connectivity index (χ3n) is 6.40. The van der Waals surface area contributed by atoms with Crippen LogP contribution in [0.15, 0.2) is 0 Å². The highest BCUT2D eigenvalue weighted by atomic mass is 28.3. The van der Waals surface area contributed by atoms with E-state index >= 15 is 0 Å². The minimum atomic E-state index is -6.33. The molecule has 0 aromatic carbocycles. The highest BCUT2D eigenvalue weighted by Gasteiger charge is 2.73. The molecule has 0 fully saturated rings. The molecule has 0 aliphatic rings. The van der Waals surface area contributed by atoms with Gasteiger partial charge in [0.15, 0.2) is 8.40 Å². The average molecular weight is 623 g/mol. The first kappa shape index (κ1) is 38.2. The molecule has 0 aliphatic heterocycles. The molecule has 0 atom stereocenters. The summed E-state index contributed by atoms with van der Waals surface area (Å²) in [6.07, 6.45) is -12.5. The predicted molar refractivity (Wildman–Crippen MR) is 120 cm³/mol. The predicted octanol–water partition coefficient (Wildman–Crippen LogP) is 9.47. The van der Waals surface area contributed by atoms with Crippen molar-refractivity contribution in [2.24, 2.45) is 10.8 Å². The Balaban J connectivity index is 3.94. The molecule has 4 N–H and O–H groups in total. The van der Waals surface area contributed by atoms with E-state index in [0.29, 0.717) is 63.5 Å². The third-order valence-corrected chi connectivity index (χ3v) is 8.97. The van der Waals surface area contributed by atoms with Crippen LogP contribution in [0, 0.1) is 0 Å². The molecule has 17 heteroatoms. The maximum absolute atomic E-state index is 13.2. The Hall–Kier alpha value is -0.843. The Morgan fingerprint density at radius 2 is 0.590 bits per heavy atom. The molecular weight excluding hydrogens is 586 g/mol. The van der Waals surface area contributed by atoms with Crippen LogP contribution >= 0.6 is 0 Å². The highest BCUT2D eigenvalue weighted by Crippen LogP contribution is 2.49. The van der Waals surface area contributed by atoms with E-state index in [-0.39, 0.29) is 12.8 Å². The zero-order valence-electron chi connectivity index (χ0n) is 21.3. The van der Waals surface area contributed by atoms with Gasteiger partial charge >= 0.3 is 36.0 Å². The van der Waals surface area contributed by atoms with E-state index < -0.39 is 70.1 Å². The molecule has 0 amide bonds. The summed E-state index contributed by atoms with van der Waals surface area (Å²) in [4.78, 5) is 0. The van der Waals surface area contributed by atoms with E-state index in [9.17, 15) is 61.5 Å². The number of hydrogen-bond acceptors (Lipinski definition) is 2. The van der Waals surface area contributed by atoms with Crippen molar-refractivity contribution in [3.63, 3.8) is 0 Å². The van der Waals surface area contributed by atoms with Crippen LogP contribution in [0.3, 0.4) is 0 Å². The molecule has 0 radical (unpaired) electrons. The van der Waals surface area contributed by atoms with Gasteiger partial charge in [-0.05, 0) is 24.9 Å². The summed E-state index contributed by atoms with van der Waals surface area (Å²) in [6.45, 7) is 0. The molecule has 0 aromatic rings. The number of halogens is 14. The normalized spacial score (nSPS) is 14.8. The van der Waals surface area contributed by atoms with Crippen molar-refractivity contribution in [3.05, 3.63) is 0 Å². The molecular formula is C22H36F14N2Si. The number of rotatable bonds is 20. The van der Waals surface area contributed by atoms with E-state index in [1.807, 2.05) is 0 Å². The minimum absolute atomic E-state index is 0.0553. The van der Waals surface area contributed by atoms with Gasteiger partial charge in [-0.25, -0.2) is 0 Å². The minimum Gasteiger partial charge on any atom is -0.339 e. The lowest BCUT2D eigenvalue weighted by Crippen LogP contribution is -2.55. The van der Waals surface area contributed by atoms with Crippen molar-refractivity contribution in [2.45, 2.75) is 138 Å². The molecule has 0 heterocycles. The summed E-state index contributed by atoms with van der Waals surface area (Å²) in [6, 6.07) is 1.04. The van der Waals surface area contributed by atoms with E-state index in [1.54, 1.807) is 0 Å². The molecule has 39 heavy (non-hydrogen) atoms. The van der Waals surface area contributed by atoms with Crippen LogP contribution in [0.4, 0.5) is 61.5 Å². The fraction of sp³-hybridized carbons (Fsp3) is 1.00. The van der Waals surface area contributed by atoms with E-state index in [2.05, 4.69) is 0 Å². The van der Waals surface area contributed by atoms with Gasteiger partial charge < -0.3 is 10.8 Å². The molecule has 0 aromatic heterocycles. The van der Waals surface area contributed by atoms with Crippen LogP contribution in [0.25, 0.3) is 0 Å². The van der Waals surface area contributed by atoms with Crippen LogP contribution in [0.1, 0.15) is 89.9 Å². The molecule has 0 bridgehead atoms. The third kappa shape index (κ3) is 12.3. The van der Waals surface area contributed by atoms with Gasteiger partial charge in [-0.2, -0.15) is 61.5 Å². The van der Waals surface area contributed by atoms with Gasteiger partial charge in [0.1, 0.15) is 0 Å². The van der Waals surface area contributed by atoms with Crippen molar-refractivity contribution in [2.75, 3.05) is 0 Å². The van der Waals surface area contributed by atoms with E-state index in [1.165, 1.54) is 0 Å². The van der Waals surface area contributed by atoms with E-state index in [4.69, 9.17) is 10.8 Å². The average Bonchev–Trinajstić information content (AvgIpc) is 2.75. The lowest BCUT2D eigenvalue weighted by Gasteiger charge is -2.28. The van der Waals surface area contributed by atoms with E-state index in [0.717, 1.165) is 0 Å². The molecule has 0 aliphatic carbocycles. The van der Waals surface area contributed by atoms with Crippen LogP contribution < -0.4 is 10.8 Å². The van der Waals surface area contributed by atoms with Crippen molar-refractivity contribution >= 4 is 8.40 Å². The Bertz CT molecular complexity index is 637. The second kappa shape index (κ2) is 14.9. The fourth-order valence-electron chi connectivity index (χ4n) is 3.87. The van der Waals surface area contributed by atoms with Crippen LogP contribution in [0.2, 0.25) is 12.1 Å². The van der Waals surface area contributed by atoms with Crippen molar-refractivity contribution in [3.8, 4) is 0 Å². The Morgan fingerprint density at radius 1 is 0.359 bits per heavy atom. The van der Waals surface area contributed by atoms with Gasteiger partial charge in [-0.15, -0.1) is 0 Å². The molecule has 0 unspecified atom stereocenters. The summed E-state index contributed by atoms with van der Waals surface area (Å²) < 4.78 is 177. The molecule has 0 rings (SSSR count). The number of unbranched alkanes of at least 4 members (excludes halogenated alkanes) is 10. The van der Waals surface area contributed by atoms with Crippen LogP contribution in [-0.2, 0) is 0 Å². The summed E-state index contributed by atoms with van der Waals surface area (Å²) in [5.41, 5.74) is 0. The van der Waals surface area contributed by atoms with Gasteiger partial charge in [-0.3, -0.25) is 0 Å². The van der Waals surface area contributed by atoms with Gasteiger partial charge in [0.25, 0.3) is 0 Å². The molecule has 0 saturated carbocycles. The molecule has 2 nitrogen and oxygen atoms in total. The maximum Gasteiger partial charge on any atom is 0.459 e. The zero-order valence-corrected chi connectivity index (χ0v) is 22.3. The van der Waals surface area contributed by atoms with Crippen molar-refractivity contribution < 1.29 is 61.5 Å². The van der Waals surface area contributed by atoms with Crippen LogP contribution in [-0.4, -0.2) is 44.4 Å². The second-order valence-electron chi connectivity index (χ2n) is 10.0. The standard InChI is InChI=1S/C22H36F14N2Si/c23-17(24,19(27,28)21(31,32)33)13-9-5-1-3-7-11-15-39(37,38)16-12-8-4-2-6-10-14-18(25,26)20(29,30)22(34,35)36/h1-16,37-38H2. The first-order valence-corrected chi connectivity index (χ1v) is 15.2. The van der Waals surface area contributed by atoms with Crippen molar-refractivity contribution in [1.29, 1.82) is 0 Å². The summed E-state index contributed by atoms with van der Waals surface area (Å²) >= 11 is 0. The largest absolute Gasteiger partial charge is 0.459 e. The monoisotopic (exact) mass is 622 g/mol. The van der Waals surface area contributed by atoms with Crippen LogP contribution in [0.5, 0.6) is 0 Å². The number of alkyl halides is 14. The Labute approximate surface area is 219 Å². The second-order valence-corrected chi connectivity index (χ2v) is 13.5. The van der Waals surface area contributed by atoms with Gasteiger partial charge in [0.05, 0.1) is 0 Å². The highest BCUT2D eigenvalue weighted by molar-refractivity contribution is 6.73. The zero-order chi connectivity index (χ0) is 30.8. The molecule has 236 valence electrons. The van der Waals surface area contributed by atoms with Gasteiger partial charge in [0, 0.05) is 12.8 Å². The smallest absolute Gasteiger partial charge is 0.339 e. The Kier molecular flexibility index (Phi) is 14.5. The topological polar surface area (TPSA) is 52.0 Å². The summed E-state index contributed by atoms with van der Waals surface area (Å²) in [7, 11) is -2.56. The summed E-state index contributed by atoms with van der Waals surface area (Å²) in [5.74, 6) is -22.5. The summed E-state index contributed by atoms with van der Waals surface area (Å²) in [5, 5.41) is 12.2. The SMILES string of the molecule is N[Si](N)(CCCCCCCCC(F)(F)C(F)(F)C(F)(F)F)CCCCCCCCC(F)(F)C(F)(F)C(F)(F)F. The van der Waals surface area contributed by atoms with Gasteiger partial charge in [-0.1, -0.05) is 64.2 Å². The lowest BCUT2D eigenvalue weighted by atomic mass is 10.0. The number of nitrogens with two attached hydrogens (primary N) is 2. The quantitative estimate of drug-likeness (QED) is 0.0808. The molecule has 0 spiro atoms. The fourth-order valence-corrected chi connectivity index (χ4v) is 5.94. The van der Waals surface area contributed by atoms with Gasteiger partial charge in [0.2, 0.25) is 0 Å². The first-order chi connectivity index (χ1) is 17.4. The van der Waals surface area contributed by atoms with Crippen molar-refractivity contribution in [1.82, 2.24) is 0 Å². The first-order valence-electron chi connectivity index (χ1n) is 12.6.